The predicted octanol–water partition coefficient (Wildman–Crippen LogP) is 4.01. The largest absolute Gasteiger partial charge is 0.497 e. The molecule has 3 aromatic rings. The van der Waals surface area contributed by atoms with E-state index in [9.17, 15) is 10.1 Å². The third kappa shape index (κ3) is 3.57. The number of hydrogen-bond donors (Lipinski definition) is 0. The molecule has 2 heterocycles. The summed E-state index contributed by atoms with van der Waals surface area (Å²) in [5.41, 5.74) is 2.94. The second kappa shape index (κ2) is 7.24. The van der Waals surface area contributed by atoms with Crippen LogP contribution >= 0.6 is 11.3 Å². The molecular formula is C19H15N3O2S. The molecule has 0 fully saturated rings. The van der Waals surface area contributed by atoms with Gasteiger partial charge >= 0.3 is 0 Å². The Morgan fingerprint density at radius 2 is 2.04 bits per heavy atom. The van der Waals surface area contributed by atoms with Crippen LogP contribution in [0.25, 0.3) is 11.3 Å². The van der Waals surface area contributed by atoms with Crippen molar-refractivity contribution in [2.75, 3.05) is 7.11 Å². The Kier molecular flexibility index (Phi) is 4.87. The first-order valence-electron chi connectivity index (χ1n) is 7.57. The average Bonchev–Trinajstić information content (AvgIpc) is 3.12. The summed E-state index contributed by atoms with van der Waals surface area (Å²) in [6, 6.07) is 11.3. The Morgan fingerprint density at radius 1 is 1.28 bits per heavy atom. The van der Waals surface area contributed by atoms with E-state index in [0.717, 1.165) is 22.6 Å². The first kappa shape index (κ1) is 16.8. The molecule has 3 rings (SSSR count). The molecule has 0 radical (unpaired) electrons. The SMILES string of the molecule is COc1ccc(-c2csc(C(C#N)C(=O)c3cncc(C)c3)n2)cc1. The number of rotatable bonds is 5. The molecule has 0 aliphatic carbocycles. The number of pyridine rings is 1. The predicted molar refractivity (Wildman–Crippen MR) is 95.8 cm³/mol. The molecule has 1 unspecified atom stereocenters. The van der Waals surface area contributed by atoms with Gasteiger partial charge in [-0.15, -0.1) is 11.3 Å². The number of ether oxygens (including phenoxy) is 1. The van der Waals surface area contributed by atoms with Gasteiger partial charge in [-0.1, -0.05) is 0 Å². The topological polar surface area (TPSA) is 75.9 Å². The normalized spacial score (nSPS) is 11.6. The zero-order chi connectivity index (χ0) is 17.8. The third-order valence-corrected chi connectivity index (χ3v) is 4.62. The summed E-state index contributed by atoms with van der Waals surface area (Å²) in [6.45, 7) is 1.86. The van der Waals surface area contributed by atoms with Crippen LogP contribution in [0, 0.1) is 18.3 Å². The standard InChI is InChI=1S/C19H15N3O2S/c1-12-7-14(10-21-9-12)18(23)16(8-20)19-22-17(11-25-19)13-3-5-15(24-2)6-4-13/h3-7,9-11,16H,1-2H3. The van der Waals surface area contributed by atoms with Crippen molar-refractivity contribution < 1.29 is 9.53 Å². The number of nitrogens with zero attached hydrogens (tertiary/aromatic N) is 3. The first-order chi connectivity index (χ1) is 12.1. The number of hydrogen-bond acceptors (Lipinski definition) is 6. The Bertz CT molecular complexity index is 942. The van der Waals surface area contributed by atoms with E-state index in [1.807, 2.05) is 36.6 Å². The highest BCUT2D eigenvalue weighted by Gasteiger charge is 2.25. The maximum absolute atomic E-state index is 12.6. The molecule has 0 spiro atoms. The van der Waals surface area contributed by atoms with E-state index in [4.69, 9.17) is 4.74 Å². The molecule has 0 N–H and O–H groups in total. The highest BCUT2D eigenvalue weighted by atomic mass is 32.1. The maximum Gasteiger partial charge on any atom is 0.188 e. The van der Waals surface area contributed by atoms with Crippen LogP contribution in [-0.2, 0) is 0 Å². The fraction of sp³-hybridized carbons (Fsp3) is 0.158. The van der Waals surface area contributed by atoms with Crippen LogP contribution in [0.3, 0.4) is 0 Å². The highest BCUT2D eigenvalue weighted by Crippen LogP contribution is 2.29. The highest BCUT2D eigenvalue weighted by molar-refractivity contribution is 7.10. The number of ketones is 1. The number of methoxy groups -OCH3 is 1. The monoisotopic (exact) mass is 349 g/mol. The van der Waals surface area contributed by atoms with Gasteiger partial charge in [0.1, 0.15) is 10.8 Å². The molecule has 0 saturated carbocycles. The molecule has 0 saturated heterocycles. The lowest BCUT2D eigenvalue weighted by Crippen LogP contribution is -2.11. The van der Waals surface area contributed by atoms with Crippen molar-refractivity contribution in [1.82, 2.24) is 9.97 Å². The van der Waals surface area contributed by atoms with Crippen LogP contribution in [0.15, 0.2) is 48.1 Å². The quantitative estimate of drug-likeness (QED) is 0.651. The van der Waals surface area contributed by atoms with Gasteiger partial charge in [0.2, 0.25) is 0 Å². The van der Waals surface area contributed by atoms with E-state index >= 15 is 0 Å². The van der Waals surface area contributed by atoms with Gasteiger partial charge in [0.05, 0.1) is 18.9 Å². The van der Waals surface area contributed by atoms with Crippen molar-refractivity contribution in [2.24, 2.45) is 0 Å². The van der Waals surface area contributed by atoms with E-state index < -0.39 is 5.92 Å². The fourth-order valence-corrected chi connectivity index (χ4v) is 3.26. The number of thiazole rings is 1. The number of carbonyl (C=O) groups excluding carboxylic acids is 1. The second-order valence-corrected chi connectivity index (χ2v) is 6.37. The second-order valence-electron chi connectivity index (χ2n) is 5.48. The summed E-state index contributed by atoms with van der Waals surface area (Å²) in [4.78, 5) is 21.2. The summed E-state index contributed by atoms with van der Waals surface area (Å²) in [5, 5.41) is 11.8. The van der Waals surface area contributed by atoms with Crippen molar-refractivity contribution in [1.29, 1.82) is 5.26 Å². The van der Waals surface area contributed by atoms with Gasteiger partial charge in [-0.2, -0.15) is 5.26 Å². The number of aryl methyl sites for hydroxylation is 1. The summed E-state index contributed by atoms with van der Waals surface area (Å²) in [5.74, 6) is -0.453. The zero-order valence-corrected chi connectivity index (χ0v) is 14.6. The molecule has 0 aliphatic heterocycles. The lowest BCUT2D eigenvalue weighted by molar-refractivity contribution is 0.0978. The van der Waals surface area contributed by atoms with E-state index in [0.29, 0.717) is 10.6 Å². The van der Waals surface area contributed by atoms with Gasteiger partial charge in [-0.05, 0) is 42.8 Å². The molecule has 124 valence electrons. The smallest absolute Gasteiger partial charge is 0.188 e. The molecule has 1 aromatic carbocycles. The molecule has 0 aliphatic rings. The van der Waals surface area contributed by atoms with E-state index in [1.165, 1.54) is 17.5 Å². The summed E-state index contributed by atoms with van der Waals surface area (Å²) in [7, 11) is 1.61. The van der Waals surface area contributed by atoms with E-state index in [2.05, 4.69) is 16.0 Å². The Balaban J connectivity index is 1.88. The molecule has 5 nitrogen and oxygen atoms in total. The van der Waals surface area contributed by atoms with Crippen molar-refractivity contribution in [2.45, 2.75) is 12.8 Å². The Labute approximate surface area is 149 Å². The van der Waals surface area contributed by atoms with Crippen molar-refractivity contribution in [3.05, 3.63) is 64.2 Å². The van der Waals surface area contributed by atoms with Crippen molar-refractivity contribution in [3.63, 3.8) is 0 Å². The minimum absolute atomic E-state index is 0.283. The lowest BCUT2D eigenvalue weighted by atomic mass is 10.00. The van der Waals surface area contributed by atoms with Crippen LogP contribution in [0.2, 0.25) is 0 Å². The average molecular weight is 349 g/mol. The number of nitriles is 1. The molecule has 0 bridgehead atoms. The van der Waals surface area contributed by atoms with Crippen LogP contribution in [0.1, 0.15) is 26.8 Å². The third-order valence-electron chi connectivity index (χ3n) is 3.71. The van der Waals surface area contributed by atoms with Crippen LogP contribution < -0.4 is 4.74 Å². The van der Waals surface area contributed by atoms with Crippen LogP contribution in [0.5, 0.6) is 5.75 Å². The molecular weight excluding hydrogens is 334 g/mol. The van der Waals surface area contributed by atoms with Gasteiger partial charge < -0.3 is 4.74 Å². The zero-order valence-electron chi connectivity index (χ0n) is 13.8. The molecule has 2 aromatic heterocycles. The van der Waals surface area contributed by atoms with Gasteiger partial charge in [-0.25, -0.2) is 4.98 Å². The molecule has 0 amide bonds. The van der Waals surface area contributed by atoms with Gasteiger partial charge in [0.25, 0.3) is 0 Å². The summed E-state index contributed by atoms with van der Waals surface area (Å²) < 4.78 is 5.14. The van der Waals surface area contributed by atoms with Crippen molar-refractivity contribution >= 4 is 17.1 Å². The van der Waals surface area contributed by atoms with Crippen LogP contribution in [-0.4, -0.2) is 22.9 Å². The molecule has 6 heteroatoms. The van der Waals surface area contributed by atoms with Crippen LogP contribution in [0.4, 0.5) is 0 Å². The number of benzene rings is 1. The fourth-order valence-electron chi connectivity index (χ4n) is 2.40. The number of carbonyl (C=O) groups is 1. The maximum atomic E-state index is 12.6. The van der Waals surface area contributed by atoms with Crippen molar-refractivity contribution in [3.8, 4) is 23.1 Å². The van der Waals surface area contributed by atoms with Gasteiger partial charge in [-0.3, -0.25) is 9.78 Å². The van der Waals surface area contributed by atoms with E-state index in [-0.39, 0.29) is 5.78 Å². The number of aromatic nitrogens is 2. The van der Waals surface area contributed by atoms with Gasteiger partial charge in [0.15, 0.2) is 11.7 Å². The molecule has 1 atom stereocenters. The minimum atomic E-state index is -0.930. The Hall–Kier alpha value is -3.04. The molecule has 25 heavy (non-hydrogen) atoms. The van der Waals surface area contributed by atoms with E-state index in [1.54, 1.807) is 19.4 Å². The Morgan fingerprint density at radius 3 is 2.68 bits per heavy atom. The minimum Gasteiger partial charge on any atom is -0.497 e. The summed E-state index contributed by atoms with van der Waals surface area (Å²) in [6.07, 6.45) is 3.15. The lowest BCUT2D eigenvalue weighted by Gasteiger charge is -2.05. The first-order valence-corrected chi connectivity index (χ1v) is 8.45. The summed E-state index contributed by atoms with van der Waals surface area (Å²) >= 11 is 1.31. The number of Topliss-reactive ketones (excluding diaryl/α,β-unsaturated/α-hetero) is 1. The van der Waals surface area contributed by atoms with Gasteiger partial charge in [0, 0.05) is 28.9 Å².